The fraction of sp³-hybridized carbons (Fsp3) is 0.167. The maximum absolute atomic E-state index is 13.4. The lowest BCUT2D eigenvalue weighted by molar-refractivity contribution is -0.125. The van der Waals surface area contributed by atoms with Crippen LogP contribution in [0.4, 0.5) is 11.4 Å². The van der Waals surface area contributed by atoms with Crippen LogP contribution in [-0.4, -0.2) is 26.3 Å². The average molecular weight is 450 g/mol. The number of hydrogen-bond donors (Lipinski definition) is 2. The Morgan fingerprint density at radius 1 is 0.875 bits per heavy atom. The molecule has 1 aliphatic heterocycles. The highest BCUT2D eigenvalue weighted by atomic mass is 32.2. The summed E-state index contributed by atoms with van der Waals surface area (Å²) in [6.45, 7) is 0.293. The molecule has 2 N–H and O–H groups in total. The first-order valence-electron chi connectivity index (χ1n) is 10.2. The van der Waals surface area contributed by atoms with Crippen LogP contribution in [-0.2, 0) is 31.9 Å². The van der Waals surface area contributed by atoms with E-state index in [9.17, 15) is 18.0 Å². The molecule has 1 aliphatic rings. The van der Waals surface area contributed by atoms with Gasteiger partial charge in [-0.2, -0.15) is 0 Å². The lowest BCUT2D eigenvalue weighted by Crippen LogP contribution is -2.53. The van der Waals surface area contributed by atoms with E-state index in [0.717, 1.165) is 9.87 Å². The molecule has 1 unspecified atom stereocenters. The van der Waals surface area contributed by atoms with Crippen molar-refractivity contribution < 1.29 is 18.0 Å². The van der Waals surface area contributed by atoms with Crippen LogP contribution in [0.2, 0.25) is 0 Å². The maximum Gasteiger partial charge on any atom is 0.248 e. The van der Waals surface area contributed by atoms with Crippen molar-refractivity contribution in [1.29, 1.82) is 0 Å². The van der Waals surface area contributed by atoms with Crippen LogP contribution in [0.3, 0.4) is 0 Å². The first-order chi connectivity index (χ1) is 15.4. The number of nitrogens with zero attached hydrogens (tertiary/aromatic N) is 1. The molecule has 1 heterocycles. The Labute approximate surface area is 187 Å². The van der Waals surface area contributed by atoms with Gasteiger partial charge in [-0.15, -0.1) is 0 Å². The molecular formula is C24H23N3O4S. The fourth-order valence-electron chi connectivity index (χ4n) is 3.68. The van der Waals surface area contributed by atoms with Crippen LogP contribution in [0.5, 0.6) is 0 Å². The third-order valence-corrected chi connectivity index (χ3v) is 6.94. The number of amides is 2. The predicted octanol–water partition coefficient (Wildman–Crippen LogP) is 3.05. The van der Waals surface area contributed by atoms with Gasteiger partial charge in [0.15, 0.2) is 0 Å². The zero-order valence-corrected chi connectivity index (χ0v) is 18.1. The third-order valence-electron chi connectivity index (χ3n) is 5.19. The first kappa shape index (κ1) is 21.6. The summed E-state index contributed by atoms with van der Waals surface area (Å²) in [5.74, 6) is -1.22. The van der Waals surface area contributed by atoms with Gasteiger partial charge in [0, 0.05) is 6.54 Å². The van der Waals surface area contributed by atoms with E-state index in [1.165, 1.54) is 0 Å². The summed E-state index contributed by atoms with van der Waals surface area (Å²) >= 11 is 0. The summed E-state index contributed by atoms with van der Waals surface area (Å²) in [5, 5.41) is 5.50. The second-order valence-electron chi connectivity index (χ2n) is 7.53. The highest BCUT2D eigenvalue weighted by Crippen LogP contribution is 2.36. The van der Waals surface area contributed by atoms with Crippen molar-refractivity contribution in [3.63, 3.8) is 0 Å². The number of carbonyl (C=O) groups excluding carboxylic acids is 2. The third kappa shape index (κ3) is 4.81. The van der Waals surface area contributed by atoms with Gasteiger partial charge in [-0.25, -0.2) is 8.42 Å². The van der Waals surface area contributed by atoms with Gasteiger partial charge in [0.25, 0.3) is 0 Å². The minimum absolute atomic E-state index is 0.280. The average Bonchev–Trinajstić information content (AvgIpc) is 2.79. The summed E-state index contributed by atoms with van der Waals surface area (Å²) in [7, 11) is -3.95. The summed E-state index contributed by atoms with van der Waals surface area (Å²) in [4.78, 5) is 25.5. The molecule has 0 bridgehead atoms. The Hall–Kier alpha value is -3.65. The molecule has 0 saturated heterocycles. The minimum Gasteiger partial charge on any atom is -0.352 e. The van der Waals surface area contributed by atoms with E-state index >= 15 is 0 Å². The lowest BCUT2D eigenvalue weighted by atomic mass is 10.1. The largest absolute Gasteiger partial charge is 0.352 e. The molecule has 0 saturated carbocycles. The molecule has 0 aromatic heterocycles. The topological polar surface area (TPSA) is 95.6 Å². The molecule has 0 spiro atoms. The summed E-state index contributed by atoms with van der Waals surface area (Å²) < 4.78 is 28.0. The van der Waals surface area contributed by atoms with Gasteiger partial charge < -0.3 is 10.6 Å². The van der Waals surface area contributed by atoms with Gasteiger partial charge >= 0.3 is 0 Å². The van der Waals surface area contributed by atoms with Crippen molar-refractivity contribution in [2.24, 2.45) is 0 Å². The normalized spacial score (nSPS) is 15.6. The van der Waals surface area contributed by atoms with Gasteiger partial charge in [-0.1, -0.05) is 72.8 Å². The summed E-state index contributed by atoms with van der Waals surface area (Å²) in [6.07, 6.45) is -0.291. The van der Waals surface area contributed by atoms with Gasteiger partial charge in [-0.3, -0.25) is 13.9 Å². The molecule has 164 valence electrons. The number of benzene rings is 3. The molecule has 0 radical (unpaired) electrons. The van der Waals surface area contributed by atoms with Crippen molar-refractivity contribution in [3.05, 3.63) is 96.1 Å². The Balaban J connectivity index is 1.60. The van der Waals surface area contributed by atoms with Crippen molar-refractivity contribution in [1.82, 2.24) is 5.32 Å². The van der Waals surface area contributed by atoms with E-state index in [1.54, 1.807) is 54.6 Å². The Bertz CT molecular complexity index is 1210. The van der Waals surface area contributed by atoms with E-state index in [1.807, 2.05) is 30.3 Å². The monoisotopic (exact) mass is 449 g/mol. The highest BCUT2D eigenvalue weighted by Gasteiger charge is 2.41. The molecule has 0 fully saturated rings. The van der Waals surface area contributed by atoms with Crippen molar-refractivity contribution in [2.45, 2.75) is 24.8 Å². The number of anilines is 2. The van der Waals surface area contributed by atoms with Crippen molar-refractivity contribution in [3.8, 4) is 0 Å². The lowest BCUT2D eigenvalue weighted by Gasteiger charge is -2.36. The number of para-hydroxylation sites is 2. The Kier molecular flexibility index (Phi) is 6.23. The van der Waals surface area contributed by atoms with Crippen LogP contribution >= 0.6 is 0 Å². The SMILES string of the molecule is O=C(CC1C(=O)Nc2ccccc2N1S(=O)(=O)Cc1ccccc1)NCc1ccccc1. The Morgan fingerprint density at radius 3 is 2.16 bits per heavy atom. The number of hydrogen-bond acceptors (Lipinski definition) is 4. The van der Waals surface area contributed by atoms with E-state index in [0.29, 0.717) is 23.5 Å². The molecule has 4 rings (SSSR count). The number of carbonyl (C=O) groups is 2. The number of sulfonamides is 1. The van der Waals surface area contributed by atoms with Gasteiger partial charge in [-0.05, 0) is 23.3 Å². The molecule has 3 aromatic carbocycles. The second kappa shape index (κ2) is 9.23. The quantitative estimate of drug-likeness (QED) is 0.580. The van der Waals surface area contributed by atoms with E-state index in [2.05, 4.69) is 10.6 Å². The zero-order valence-electron chi connectivity index (χ0n) is 17.3. The van der Waals surface area contributed by atoms with Gasteiger partial charge in [0.1, 0.15) is 6.04 Å². The van der Waals surface area contributed by atoms with Crippen LogP contribution in [0.1, 0.15) is 17.5 Å². The molecule has 32 heavy (non-hydrogen) atoms. The number of nitrogens with one attached hydrogen (secondary N) is 2. The zero-order chi connectivity index (χ0) is 22.6. The van der Waals surface area contributed by atoms with Crippen molar-refractivity contribution >= 4 is 33.2 Å². The minimum atomic E-state index is -3.95. The van der Waals surface area contributed by atoms with Crippen LogP contribution in [0, 0.1) is 0 Å². The van der Waals surface area contributed by atoms with Gasteiger partial charge in [0.05, 0.1) is 23.5 Å². The number of rotatable bonds is 7. The predicted molar refractivity (Wildman–Crippen MR) is 123 cm³/mol. The van der Waals surface area contributed by atoms with Gasteiger partial charge in [0.2, 0.25) is 21.8 Å². The molecular weight excluding hydrogens is 426 g/mol. The second-order valence-corrected chi connectivity index (χ2v) is 9.37. The molecule has 7 nitrogen and oxygen atoms in total. The summed E-state index contributed by atoms with van der Waals surface area (Å²) in [5.41, 5.74) is 2.26. The van der Waals surface area contributed by atoms with Crippen LogP contribution in [0.25, 0.3) is 0 Å². The standard InChI is InChI=1S/C24H23N3O4S/c28-23(25-16-18-9-3-1-4-10-18)15-22-24(29)26-20-13-7-8-14-21(20)27(22)32(30,31)17-19-11-5-2-6-12-19/h1-14,22H,15-17H2,(H,25,28)(H,26,29). The summed E-state index contributed by atoms with van der Waals surface area (Å²) in [6, 6.07) is 23.6. The highest BCUT2D eigenvalue weighted by molar-refractivity contribution is 7.92. The van der Waals surface area contributed by atoms with E-state index in [4.69, 9.17) is 0 Å². The molecule has 8 heteroatoms. The molecule has 3 aromatic rings. The maximum atomic E-state index is 13.4. The smallest absolute Gasteiger partial charge is 0.248 e. The van der Waals surface area contributed by atoms with Crippen molar-refractivity contribution in [2.75, 3.05) is 9.62 Å². The first-order valence-corrected chi connectivity index (χ1v) is 11.8. The number of fused-ring (bicyclic) bond motifs is 1. The van der Waals surface area contributed by atoms with Crippen LogP contribution < -0.4 is 14.9 Å². The molecule has 2 amide bonds. The van der Waals surface area contributed by atoms with E-state index < -0.39 is 27.9 Å². The van der Waals surface area contributed by atoms with Crippen LogP contribution in [0.15, 0.2) is 84.9 Å². The molecule has 1 atom stereocenters. The molecule has 0 aliphatic carbocycles. The Morgan fingerprint density at radius 2 is 1.47 bits per heavy atom. The van der Waals surface area contributed by atoms with E-state index in [-0.39, 0.29) is 12.2 Å². The fourth-order valence-corrected chi connectivity index (χ4v) is 5.45.